The number of anilines is 1. The van der Waals surface area contributed by atoms with Gasteiger partial charge in [0.1, 0.15) is 5.75 Å². The molecule has 2 aromatic rings. The van der Waals surface area contributed by atoms with E-state index in [1.807, 2.05) is 24.3 Å². The largest absolute Gasteiger partial charge is 0.496 e. The number of nitrogens with one attached hydrogen (secondary N) is 1. The third-order valence-electron chi connectivity index (χ3n) is 5.29. The number of para-hydroxylation sites is 1. The van der Waals surface area contributed by atoms with Crippen LogP contribution >= 0.6 is 11.8 Å². The molecule has 31 heavy (non-hydrogen) atoms. The van der Waals surface area contributed by atoms with E-state index in [2.05, 4.69) is 12.2 Å². The average Bonchev–Trinajstić information content (AvgIpc) is 2.79. The van der Waals surface area contributed by atoms with Gasteiger partial charge in [-0.15, -0.1) is 11.8 Å². The Labute approximate surface area is 189 Å². The summed E-state index contributed by atoms with van der Waals surface area (Å²) in [5.41, 5.74) is 1.51. The lowest BCUT2D eigenvalue weighted by molar-refractivity contribution is -0.116. The van der Waals surface area contributed by atoms with Crippen LogP contribution in [-0.2, 0) is 21.2 Å². The summed E-state index contributed by atoms with van der Waals surface area (Å²) >= 11 is 1.68. The van der Waals surface area contributed by atoms with Gasteiger partial charge in [0.15, 0.2) is 0 Å². The maximum Gasteiger partial charge on any atom is 0.243 e. The van der Waals surface area contributed by atoms with Gasteiger partial charge in [0, 0.05) is 24.4 Å². The van der Waals surface area contributed by atoms with Gasteiger partial charge in [-0.3, -0.25) is 4.79 Å². The zero-order valence-electron chi connectivity index (χ0n) is 18.1. The molecule has 0 saturated carbocycles. The number of thioether (sulfide) groups is 1. The molecule has 3 rings (SSSR count). The highest BCUT2D eigenvalue weighted by atomic mass is 32.2. The molecule has 0 aromatic heterocycles. The molecule has 1 heterocycles. The van der Waals surface area contributed by atoms with Crippen molar-refractivity contribution in [3.05, 3.63) is 48.0 Å². The summed E-state index contributed by atoms with van der Waals surface area (Å²) in [6.45, 7) is 3.18. The van der Waals surface area contributed by atoms with Crippen molar-refractivity contribution in [2.24, 2.45) is 0 Å². The van der Waals surface area contributed by atoms with Crippen molar-refractivity contribution in [2.45, 2.75) is 48.8 Å². The molecule has 8 heteroatoms. The molecule has 6 nitrogen and oxygen atoms in total. The van der Waals surface area contributed by atoms with Gasteiger partial charge in [0.05, 0.1) is 17.7 Å². The highest BCUT2D eigenvalue weighted by Crippen LogP contribution is 2.29. The number of carbonyl (C=O) groups excluding carboxylic acids is 1. The van der Waals surface area contributed by atoms with Crippen LogP contribution in [0.25, 0.3) is 0 Å². The van der Waals surface area contributed by atoms with Crippen LogP contribution in [0.1, 0.15) is 38.2 Å². The van der Waals surface area contributed by atoms with E-state index >= 15 is 0 Å². The van der Waals surface area contributed by atoms with Crippen LogP contribution in [-0.4, -0.2) is 44.6 Å². The summed E-state index contributed by atoms with van der Waals surface area (Å²) in [5, 5.41) is 2.97. The topological polar surface area (TPSA) is 75.7 Å². The Morgan fingerprint density at radius 1 is 1.13 bits per heavy atom. The summed E-state index contributed by atoms with van der Waals surface area (Å²) in [6, 6.07) is 12.6. The molecule has 2 aromatic carbocycles. The van der Waals surface area contributed by atoms with Gasteiger partial charge < -0.3 is 10.1 Å². The Morgan fingerprint density at radius 3 is 2.58 bits per heavy atom. The molecule has 0 unspecified atom stereocenters. The number of hydrogen-bond donors (Lipinski definition) is 1. The third kappa shape index (κ3) is 6.02. The lowest BCUT2D eigenvalue weighted by Gasteiger charge is -2.26. The fourth-order valence-electron chi connectivity index (χ4n) is 3.68. The second kappa shape index (κ2) is 11.0. The summed E-state index contributed by atoms with van der Waals surface area (Å²) in [5.74, 6) is 1.39. The van der Waals surface area contributed by atoms with Crippen LogP contribution in [0, 0.1) is 0 Å². The first-order valence-corrected chi connectivity index (χ1v) is 13.1. The average molecular weight is 463 g/mol. The minimum absolute atomic E-state index is 0.115. The zero-order chi connectivity index (χ0) is 22.3. The van der Waals surface area contributed by atoms with E-state index in [4.69, 9.17) is 4.74 Å². The second-order valence-corrected chi connectivity index (χ2v) is 10.7. The van der Waals surface area contributed by atoms with Crippen molar-refractivity contribution in [1.82, 2.24) is 4.31 Å². The number of ether oxygens (including phenoxy) is 1. The van der Waals surface area contributed by atoms with E-state index in [9.17, 15) is 13.2 Å². The molecule has 168 valence electrons. The van der Waals surface area contributed by atoms with E-state index in [1.165, 1.54) is 0 Å². The number of aryl methyl sites for hydroxylation is 1. The van der Waals surface area contributed by atoms with Gasteiger partial charge in [-0.05, 0) is 60.9 Å². The zero-order valence-corrected chi connectivity index (χ0v) is 19.7. The molecule has 0 spiro atoms. The van der Waals surface area contributed by atoms with Crippen LogP contribution in [0.5, 0.6) is 5.75 Å². The predicted molar refractivity (Wildman–Crippen MR) is 125 cm³/mol. The van der Waals surface area contributed by atoms with Crippen molar-refractivity contribution in [2.75, 3.05) is 31.3 Å². The van der Waals surface area contributed by atoms with E-state index in [1.54, 1.807) is 41.4 Å². The molecule has 0 aliphatic carbocycles. The smallest absolute Gasteiger partial charge is 0.243 e. The standard InChI is InChI=1S/C23H30N2O4S2/c1-3-30-22-10-6-5-9-20(22)24-23(26)14-11-18-17-19(12-13-21(18)29-2)31(27,28)25-15-7-4-8-16-25/h5-6,9-10,12-13,17H,3-4,7-8,11,14-16H2,1-2H3,(H,24,26). The van der Waals surface area contributed by atoms with Crippen molar-refractivity contribution in [3.63, 3.8) is 0 Å². The SMILES string of the molecule is CCSc1ccccc1NC(=O)CCc1cc(S(=O)(=O)N2CCCCC2)ccc1OC. The molecule has 1 N–H and O–H groups in total. The van der Waals surface area contributed by atoms with Crippen molar-refractivity contribution >= 4 is 33.4 Å². The van der Waals surface area contributed by atoms with Gasteiger partial charge >= 0.3 is 0 Å². The monoisotopic (exact) mass is 462 g/mol. The molecular formula is C23H30N2O4S2. The second-order valence-electron chi connectivity index (χ2n) is 7.42. The normalized spacial score (nSPS) is 14.9. The first-order chi connectivity index (χ1) is 15.0. The molecule has 0 atom stereocenters. The van der Waals surface area contributed by atoms with Crippen LogP contribution in [0.3, 0.4) is 0 Å². The predicted octanol–water partition coefficient (Wildman–Crippen LogP) is 4.55. The van der Waals surface area contributed by atoms with Crippen LogP contribution in [0.2, 0.25) is 0 Å². The lowest BCUT2D eigenvalue weighted by atomic mass is 10.1. The van der Waals surface area contributed by atoms with Crippen LogP contribution < -0.4 is 10.1 Å². The fourth-order valence-corrected chi connectivity index (χ4v) is 6.01. The van der Waals surface area contributed by atoms with E-state index < -0.39 is 10.0 Å². The van der Waals surface area contributed by atoms with Gasteiger partial charge in [0.25, 0.3) is 0 Å². The minimum Gasteiger partial charge on any atom is -0.496 e. The molecule has 1 aliphatic rings. The van der Waals surface area contributed by atoms with Gasteiger partial charge in [-0.1, -0.05) is 25.5 Å². The highest BCUT2D eigenvalue weighted by Gasteiger charge is 2.26. The van der Waals surface area contributed by atoms with E-state index in [0.717, 1.165) is 35.6 Å². The third-order valence-corrected chi connectivity index (χ3v) is 8.14. The Morgan fingerprint density at radius 2 is 1.87 bits per heavy atom. The first kappa shape index (κ1) is 23.6. The number of benzene rings is 2. The van der Waals surface area contributed by atoms with Crippen molar-refractivity contribution in [3.8, 4) is 5.75 Å². The lowest BCUT2D eigenvalue weighted by Crippen LogP contribution is -2.35. The number of piperidine rings is 1. The van der Waals surface area contributed by atoms with Gasteiger partial charge in [-0.2, -0.15) is 4.31 Å². The summed E-state index contributed by atoms with van der Waals surface area (Å²) in [4.78, 5) is 13.9. The number of amides is 1. The number of rotatable bonds is 9. The molecule has 1 amide bonds. The molecule has 1 saturated heterocycles. The number of sulfonamides is 1. The van der Waals surface area contributed by atoms with Crippen molar-refractivity contribution < 1.29 is 17.9 Å². The molecular weight excluding hydrogens is 432 g/mol. The van der Waals surface area contributed by atoms with Gasteiger partial charge in [-0.25, -0.2) is 8.42 Å². The summed E-state index contributed by atoms with van der Waals surface area (Å²) in [7, 11) is -1.98. The Bertz CT molecular complexity index is 1000. The number of nitrogens with zero attached hydrogens (tertiary/aromatic N) is 1. The number of carbonyl (C=O) groups is 1. The first-order valence-electron chi connectivity index (χ1n) is 10.6. The molecule has 0 bridgehead atoms. The number of methoxy groups -OCH3 is 1. The van der Waals surface area contributed by atoms with Crippen molar-refractivity contribution in [1.29, 1.82) is 0 Å². The Kier molecular flexibility index (Phi) is 8.40. The summed E-state index contributed by atoms with van der Waals surface area (Å²) in [6.07, 6.45) is 3.46. The van der Waals surface area contributed by atoms with E-state index in [-0.39, 0.29) is 17.2 Å². The highest BCUT2D eigenvalue weighted by molar-refractivity contribution is 7.99. The minimum atomic E-state index is -3.53. The Balaban J connectivity index is 1.72. The quantitative estimate of drug-likeness (QED) is 0.553. The van der Waals surface area contributed by atoms with Gasteiger partial charge in [0.2, 0.25) is 15.9 Å². The summed E-state index contributed by atoms with van der Waals surface area (Å²) < 4.78 is 33.0. The molecule has 0 radical (unpaired) electrons. The fraction of sp³-hybridized carbons (Fsp3) is 0.435. The Hall–Kier alpha value is -2.03. The molecule has 1 fully saturated rings. The maximum absolute atomic E-state index is 13.0. The number of hydrogen-bond acceptors (Lipinski definition) is 5. The maximum atomic E-state index is 13.0. The molecule has 1 aliphatic heterocycles. The van der Waals surface area contributed by atoms with Crippen LogP contribution in [0.15, 0.2) is 52.3 Å². The van der Waals surface area contributed by atoms with Crippen LogP contribution in [0.4, 0.5) is 5.69 Å². The van der Waals surface area contributed by atoms with E-state index in [0.29, 0.717) is 30.8 Å².